The first-order valence-corrected chi connectivity index (χ1v) is 8.34. The first kappa shape index (κ1) is 16.3. The summed E-state index contributed by atoms with van der Waals surface area (Å²) in [6.07, 6.45) is 5.19. The number of carbonyl (C=O) groups is 2. The zero-order valence-corrected chi connectivity index (χ0v) is 13.6. The highest BCUT2D eigenvalue weighted by Crippen LogP contribution is 2.19. The fraction of sp³-hybridized carbons (Fsp3) is 0.368. The van der Waals surface area contributed by atoms with Crippen molar-refractivity contribution in [2.45, 2.75) is 25.8 Å². The number of hydrogen-bond donors (Lipinski definition) is 1. The van der Waals surface area contributed by atoms with Gasteiger partial charge in [-0.2, -0.15) is 0 Å². The average molecular weight is 326 g/mol. The van der Waals surface area contributed by atoms with Crippen LogP contribution in [0.2, 0.25) is 0 Å². The maximum atomic E-state index is 12.3. The minimum absolute atomic E-state index is 0.125. The van der Waals surface area contributed by atoms with Crippen molar-refractivity contribution in [3.8, 4) is 0 Å². The molecule has 24 heavy (non-hydrogen) atoms. The van der Waals surface area contributed by atoms with Gasteiger partial charge in [0.05, 0.1) is 11.8 Å². The molecule has 2 heterocycles. The molecule has 1 aromatic heterocycles. The maximum Gasteiger partial charge on any atom is 0.254 e. The molecule has 5 heteroatoms. The Morgan fingerprint density at radius 3 is 2.79 bits per heavy atom. The predicted octanol–water partition coefficient (Wildman–Crippen LogP) is 2.84. The monoisotopic (exact) mass is 326 g/mol. The van der Waals surface area contributed by atoms with Crippen molar-refractivity contribution < 1.29 is 14.0 Å². The second-order valence-electron chi connectivity index (χ2n) is 6.22. The average Bonchev–Trinajstić information content (AvgIpc) is 3.09. The molecule has 1 fully saturated rings. The minimum Gasteiger partial charge on any atom is -0.472 e. The van der Waals surface area contributed by atoms with E-state index < -0.39 is 0 Å². The number of nitrogens with one attached hydrogen (secondary N) is 1. The molecular weight excluding hydrogens is 304 g/mol. The molecule has 0 saturated carbocycles. The van der Waals surface area contributed by atoms with Crippen molar-refractivity contribution in [1.82, 2.24) is 10.2 Å². The van der Waals surface area contributed by atoms with Crippen LogP contribution >= 0.6 is 0 Å². The van der Waals surface area contributed by atoms with Crippen molar-refractivity contribution in [1.29, 1.82) is 0 Å². The summed E-state index contributed by atoms with van der Waals surface area (Å²) in [6, 6.07) is 11.7. The van der Waals surface area contributed by atoms with E-state index in [1.807, 2.05) is 35.2 Å². The maximum absolute atomic E-state index is 12.3. The summed E-state index contributed by atoms with van der Waals surface area (Å²) in [7, 11) is 0. The molecule has 0 radical (unpaired) electrons. The first-order chi connectivity index (χ1) is 11.7. The summed E-state index contributed by atoms with van der Waals surface area (Å²) in [6.45, 7) is 1.99. The molecule has 0 unspecified atom stereocenters. The third-order valence-corrected chi connectivity index (χ3v) is 4.48. The molecule has 3 rings (SSSR count). The molecular formula is C19H22N2O3. The Morgan fingerprint density at radius 2 is 2.04 bits per heavy atom. The normalized spacial score (nSPS) is 18.2. The lowest BCUT2D eigenvalue weighted by Gasteiger charge is -2.21. The largest absolute Gasteiger partial charge is 0.472 e. The summed E-state index contributed by atoms with van der Waals surface area (Å²) in [5, 5.41) is 2.93. The lowest BCUT2D eigenvalue weighted by Crippen LogP contribution is -2.31. The smallest absolute Gasteiger partial charge is 0.254 e. The van der Waals surface area contributed by atoms with E-state index in [2.05, 4.69) is 5.32 Å². The molecule has 2 amide bonds. The van der Waals surface area contributed by atoms with Gasteiger partial charge in [0.15, 0.2) is 0 Å². The van der Waals surface area contributed by atoms with Gasteiger partial charge in [0, 0.05) is 26.1 Å². The van der Waals surface area contributed by atoms with Crippen LogP contribution < -0.4 is 5.32 Å². The Balaban J connectivity index is 1.50. The van der Waals surface area contributed by atoms with Crippen molar-refractivity contribution >= 4 is 11.8 Å². The van der Waals surface area contributed by atoms with Gasteiger partial charge in [0.2, 0.25) is 5.91 Å². The molecule has 1 atom stereocenters. The first-order valence-electron chi connectivity index (χ1n) is 8.34. The second kappa shape index (κ2) is 7.81. The topological polar surface area (TPSA) is 62.6 Å². The minimum atomic E-state index is -0.125. The Kier molecular flexibility index (Phi) is 5.31. The number of hydrogen-bond acceptors (Lipinski definition) is 3. The van der Waals surface area contributed by atoms with Crippen LogP contribution in [-0.4, -0.2) is 29.8 Å². The van der Waals surface area contributed by atoms with E-state index >= 15 is 0 Å². The lowest BCUT2D eigenvalue weighted by atomic mass is 10.0. The quantitative estimate of drug-likeness (QED) is 0.919. The van der Waals surface area contributed by atoms with Crippen LogP contribution in [0.15, 0.2) is 53.3 Å². The third kappa shape index (κ3) is 4.25. The van der Waals surface area contributed by atoms with Crippen LogP contribution in [0, 0.1) is 5.92 Å². The highest BCUT2D eigenvalue weighted by atomic mass is 16.3. The summed E-state index contributed by atoms with van der Waals surface area (Å²) < 4.78 is 4.92. The Hall–Kier alpha value is -2.56. The van der Waals surface area contributed by atoms with Crippen LogP contribution in [0.25, 0.3) is 0 Å². The Labute approximate surface area is 141 Å². The highest BCUT2D eigenvalue weighted by molar-refractivity contribution is 5.93. The number of carbonyl (C=O) groups excluding carboxylic acids is 2. The van der Waals surface area contributed by atoms with Gasteiger partial charge in [0.25, 0.3) is 5.91 Å². The van der Waals surface area contributed by atoms with E-state index in [-0.39, 0.29) is 11.8 Å². The number of rotatable bonds is 5. The van der Waals surface area contributed by atoms with E-state index in [0.29, 0.717) is 31.0 Å². The predicted molar refractivity (Wildman–Crippen MR) is 90.2 cm³/mol. The van der Waals surface area contributed by atoms with Crippen molar-refractivity contribution in [3.63, 3.8) is 0 Å². The van der Waals surface area contributed by atoms with E-state index in [1.165, 1.54) is 12.5 Å². The molecule has 1 saturated heterocycles. The van der Waals surface area contributed by atoms with E-state index in [4.69, 9.17) is 4.42 Å². The van der Waals surface area contributed by atoms with Gasteiger partial charge in [-0.05, 0) is 30.4 Å². The number of amides is 2. The third-order valence-electron chi connectivity index (χ3n) is 4.48. The lowest BCUT2D eigenvalue weighted by molar-refractivity contribution is -0.131. The standard InChI is InChI=1S/C19H22N2O3/c22-18-7-6-15(12-20-19(23)17-9-11-24-14-17)8-10-21(18)13-16-4-2-1-3-5-16/h1-5,9,11,14-15H,6-8,10,12-13H2,(H,20,23)/t15-/m0/s1. The Bertz CT molecular complexity index is 667. The van der Waals surface area contributed by atoms with Gasteiger partial charge >= 0.3 is 0 Å². The van der Waals surface area contributed by atoms with E-state index in [0.717, 1.165) is 24.9 Å². The van der Waals surface area contributed by atoms with Crippen molar-refractivity contribution in [2.75, 3.05) is 13.1 Å². The van der Waals surface area contributed by atoms with Crippen LogP contribution in [0.3, 0.4) is 0 Å². The van der Waals surface area contributed by atoms with Crippen LogP contribution in [0.4, 0.5) is 0 Å². The Morgan fingerprint density at radius 1 is 1.21 bits per heavy atom. The van der Waals surface area contributed by atoms with E-state index in [1.54, 1.807) is 6.07 Å². The molecule has 0 spiro atoms. The fourth-order valence-electron chi connectivity index (χ4n) is 3.00. The summed E-state index contributed by atoms with van der Waals surface area (Å²) in [5.74, 6) is 0.397. The number of furan rings is 1. The number of nitrogens with zero attached hydrogens (tertiary/aromatic N) is 1. The molecule has 1 aliphatic heterocycles. The van der Waals surface area contributed by atoms with Crippen LogP contribution in [-0.2, 0) is 11.3 Å². The van der Waals surface area contributed by atoms with Gasteiger partial charge < -0.3 is 14.6 Å². The van der Waals surface area contributed by atoms with Gasteiger partial charge in [-0.3, -0.25) is 9.59 Å². The molecule has 1 aliphatic rings. The van der Waals surface area contributed by atoms with Crippen LogP contribution in [0.1, 0.15) is 35.2 Å². The van der Waals surface area contributed by atoms with Crippen LogP contribution in [0.5, 0.6) is 0 Å². The SMILES string of the molecule is O=C(NC[C@H]1CCC(=O)N(Cc2ccccc2)CC1)c1ccoc1. The van der Waals surface area contributed by atoms with Gasteiger partial charge in [-0.25, -0.2) is 0 Å². The second-order valence-corrected chi connectivity index (χ2v) is 6.22. The zero-order valence-electron chi connectivity index (χ0n) is 13.6. The van der Waals surface area contributed by atoms with Gasteiger partial charge in [-0.15, -0.1) is 0 Å². The molecule has 2 aromatic rings. The molecule has 1 aromatic carbocycles. The van der Waals surface area contributed by atoms with Gasteiger partial charge in [0.1, 0.15) is 6.26 Å². The van der Waals surface area contributed by atoms with Gasteiger partial charge in [-0.1, -0.05) is 30.3 Å². The van der Waals surface area contributed by atoms with Crippen molar-refractivity contribution in [3.05, 3.63) is 60.1 Å². The molecule has 126 valence electrons. The summed E-state index contributed by atoms with van der Waals surface area (Å²) in [4.78, 5) is 26.2. The fourth-order valence-corrected chi connectivity index (χ4v) is 3.00. The molecule has 5 nitrogen and oxygen atoms in total. The number of likely N-dealkylation sites (tertiary alicyclic amines) is 1. The van der Waals surface area contributed by atoms with Crippen molar-refractivity contribution in [2.24, 2.45) is 5.92 Å². The highest BCUT2D eigenvalue weighted by Gasteiger charge is 2.23. The number of benzene rings is 1. The summed E-state index contributed by atoms with van der Waals surface area (Å²) in [5.41, 5.74) is 1.68. The molecule has 0 aliphatic carbocycles. The summed E-state index contributed by atoms with van der Waals surface area (Å²) >= 11 is 0. The molecule has 1 N–H and O–H groups in total. The zero-order chi connectivity index (χ0) is 16.8. The van der Waals surface area contributed by atoms with E-state index in [9.17, 15) is 9.59 Å². The molecule has 0 bridgehead atoms.